The highest BCUT2D eigenvalue weighted by atomic mass is 79.9. The zero-order valence-electron chi connectivity index (χ0n) is 20.2. The van der Waals surface area contributed by atoms with Gasteiger partial charge in [0.25, 0.3) is 0 Å². The second-order valence-corrected chi connectivity index (χ2v) is 11.3. The third-order valence-electron chi connectivity index (χ3n) is 7.00. The van der Waals surface area contributed by atoms with Gasteiger partial charge in [0.15, 0.2) is 17.5 Å². The van der Waals surface area contributed by atoms with Gasteiger partial charge in [-0.3, -0.25) is 0 Å². The lowest BCUT2D eigenvalue weighted by Crippen LogP contribution is -2.48. The number of ether oxygens (including phenoxy) is 1. The van der Waals surface area contributed by atoms with Gasteiger partial charge in [0.05, 0.1) is 17.9 Å². The first-order valence-corrected chi connectivity index (χ1v) is 12.5. The number of hydrogen-bond acceptors (Lipinski definition) is 5. The van der Waals surface area contributed by atoms with Gasteiger partial charge in [-0.05, 0) is 92.2 Å². The zero-order valence-corrected chi connectivity index (χ0v) is 21.7. The Morgan fingerprint density at radius 3 is 2.60 bits per heavy atom. The number of carbonyl (C=O) groups excluding carboxylic acids is 1. The van der Waals surface area contributed by atoms with E-state index in [-0.39, 0.29) is 5.41 Å². The molecule has 2 aromatic heterocycles. The SMILES string of the molecule is Cc1nc(N2CCC3(CC2)Cc2cc(F)c(F)cc2C3NC(=O)OC(C)(C)C)c2ccnn2c1Br. The van der Waals surface area contributed by atoms with Crippen molar-refractivity contribution in [1.82, 2.24) is 19.9 Å². The molecular formula is C25H28BrF2N5O2. The van der Waals surface area contributed by atoms with Crippen LogP contribution in [0.25, 0.3) is 5.52 Å². The van der Waals surface area contributed by atoms with E-state index in [1.165, 1.54) is 12.1 Å². The Bertz CT molecular complexity index is 1310. The maximum Gasteiger partial charge on any atom is 0.408 e. The molecule has 1 amide bonds. The maximum absolute atomic E-state index is 14.2. The largest absolute Gasteiger partial charge is 0.444 e. The van der Waals surface area contributed by atoms with Crippen molar-refractivity contribution >= 4 is 33.4 Å². The minimum atomic E-state index is -0.910. The summed E-state index contributed by atoms with van der Waals surface area (Å²) in [6.07, 6.45) is 3.16. The van der Waals surface area contributed by atoms with Crippen LogP contribution < -0.4 is 10.2 Å². The van der Waals surface area contributed by atoms with Crippen LogP contribution in [0.4, 0.5) is 19.4 Å². The maximum atomic E-state index is 14.2. The van der Waals surface area contributed by atoms with Crippen LogP contribution in [-0.2, 0) is 11.2 Å². The van der Waals surface area contributed by atoms with E-state index >= 15 is 0 Å². The quantitative estimate of drug-likeness (QED) is 0.459. The number of alkyl carbamates (subject to hydrolysis) is 1. The Balaban J connectivity index is 1.45. The molecule has 1 aliphatic carbocycles. The van der Waals surface area contributed by atoms with E-state index in [0.29, 0.717) is 37.9 Å². The number of fused-ring (bicyclic) bond motifs is 2. The molecule has 1 saturated heterocycles. The number of benzene rings is 1. The number of nitrogens with zero attached hydrogens (tertiary/aromatic N) is 4. The van der Waals surface area contributed by atoms with Gasteiger partial charge in [0.1, 0.15) is 15.7 Å². The second kappa shape index (κ2) is 8.43. The summed E-state index contributed by atoms with van der Waals surface area (Å²) in [7, 11) is 0. The van der Waals surface area contributed by atoms with Crippen molar-refractivity contribution in [2.45, 2.75) is 58.6 Å². The van der Waals surface area contributed by atoms with Crippen LogP contribution in [0, 0.1) is 24.0 Å². The van der Waals surface area contributed by atoms with Crippen LogP contribution in [0.1, 0.15) is 56.5 Å². The number of carbonyl (C=O) groups is 1. The Morgan fingerprint density at radius 1 is 1.23 bits per heavy atom. The van der Waals surface area contributed by atoms with E-state index in [9.17, 15) is 13.6 Å². The van der Waals surface area contributed by atoms with Crippen molar-refractivity contribution in [3.8, 4) is 0 Å². The molecule has 10 heteroatoms. The summed E-state index contributed by atoms with van der Waals surface area (Å²) in [6, 6.07) is 3.95. The molecule has 1 unspecified atom stereocenters. The molecule has 0 bridgehead atoms. The summed E-state index contributed by atoms with van der Waals surface area (Å²) >= 11 is 3.55. The molecule has 1 N–H and O–H groups in total. The van der Waals surface area contributed by atoms with Crippen LogP contribution >= 0.6 is 15.9 Å². The molecule has 1 aromatic carbocycles. The van der Waals surface area contributed by atoms with Crippen molar-refractivity contribution in [2.75, 3.05) is 18.0 Å². The number of hydrogen-bond donors (Lipinski definition) is 1. The lowest BCUT2D eigenvalue weighted by Gasteiger charge is -2.44. The van der Waals surface area contributed by atoms with E-state index in [4.69, 9.17) is 9.72 Å². The van der Waals surface area contributed by atoms with Crippen LogP contribution in [-0.4, -0.2) is 39.4 Å². The van der Waals surface area contributed by atoms with Crippen LogP contribution in [0.2, 0.25) is 0 Å². The highest BCUT2D eigenvalue weighted by molar-refractivity contribution is 9.10. The number of aryl methyl sites for hydroxylation is 1. The van der Waals surface area contributed by atoms with E-state index in [1.54, 1.807) is 27.0 Å². The first kappa shape index (κ1) is 24.0. The van der Waals surface area contributed by atoms with Crippen molar-refractivity contribution in [1.29, 1.82) is 0 Å². The average Bonchev–Trinajstić information content (AvgIpc) is 3.36. The summed E-state index contributed by atoms with van der Waals surface area (Å²) in [6.45, 7) is 8.67. The Kier molecular flexibility index (Phi) is 5.77. The molecule has 0 saturated carbocycles. The second-order valence-electron chi connectivity index (χ2n) is 10.5. The number of amides is 1. The molecule has 1 aliphatic heterocycles. The van der Waals surface area contributed by atoms with E-state index in [0.717, 1.165) is 27.2 Å². The standard InChI is InChI=1S/C25H28BrF2N5O2/c1-14-21(26)33-19(5-8-29-33)22(30-14)32-9-6-25(7-10-32)13-15-11-17(27)18(28)12-16(15)20(25)31-23(34)35-24(2,3)4/h5,8,11-12,20H,6-7,9-10,13H2,1-4H3,(H,31,34). The number of aromatic nitrogens is 3. The molecular weight excluding hydrogens is 520 g/mol. The van der Waals surface area contributed by atoms with Gasteiger partial charge in [-0.2, -0.15) is 5.10 Å². The van der Waals surface area contributed by atoms with Gasteiger partial charge < -0.3 is 15.0 Å². The lowest BCUT2D eigenvalue weighted by molar-refractivity contribution is 0.0428. The molecule has 3 heterocycles. The fourth-order valence-electron chi connectivity index (χ4n) is 5.40. The first-order chi connectivity index (χ1) is 16.5. The smallest absolute Gasteiger partial charge is 0.408 e. The third kappa shape index (κ3) is 4.26. The summed E-state index contributed by atoms with van der Waals surface area (Å²) in [5.41, 5.74) is 2.04. The van der Waals surface area contributed by atoms with Gasteiger partial charge in [-0.1, -0.05) is 0 Å². The number of halogens is 3. The summed E-state index contributed by atoms with van der Waals surface area (Å²) in [4.78, 5) is 19.8. The molecule has 5 rings (SSSR count). The Morgan fingerprint density at radius 2 is 1.91 bits per heavy atom. The van der Waals surface area contributed by atoms with Gasteiger partial charge in [0, 0.05) is 18.5 Å². The normalized spacial score (nSPS) is 19.3. The molecule has 2 aliphatic rings. The van der Waals surface area contributed by atoms with Crippen molar-refractivity contribution in [3.63, 3.8) is 0 Å². The number of rotatable bonds is 2. The summed E-state index contributed by atoms with van der Waals surface area (Å²) < 4.78 is 36.5. The Hall–Kier alpha value is -2.75. The van der Waals surface area contributed by atoms with Crippen molar-refractivity contribution in [3.05, 3.63) is 57.5 Å². The third-order valence-corrected chi connectivity index (χ3v) is 7.91. The summed E-state index contributed by atoms with van der Waals surface area (Å²) in [5.74, 6) is -0.930. The fourth-order valence-corrected chi connectivity index (χ4v) is 5.77. The monoisotopic (exact) mass is 547 g/mol. The molecule has 1 spiro atoms. The Labute approximate surface area is 211 Å². The predicted molar refractivity (Wildman–Crippen MR) is 131 cm³/mol. The molecule has 35 heavy (non-hydrogen) atoms. The lowest BCUT2D eigenvalue weighted by atomic mass is 9.72. The first-order valence-electron chi connectivity index (χ1n) is 11.7. The fraction of sp³-hybridized carbons (Fsp3) is 0.480. The van der Waals surface area contributed by atoms with Crippen molar-refractivity contribution in [2.24, 2.45) is 5.41 Å². The predicted octanol–water partition coefficient (Wildman–Crippen LogP) is 5.49. The highest BCUT2D eigenvalue weighted by Gasteiger charge is 2.49. The van der Waals surface area contributed by atoms with E-state index in [2.05, 4.69) is 31.2 Å². The van der Waals surface area contributed by atoms with Crippen LogP contribution in [0.5, 0.6) is 0 Å². The molecule has 1 atom stereocenters. The van der Waals surface area contributed by atoms with Gasteiger partial charge in [-0.25, -0.2) is 23.1 Å². The molecule has 7 nitrogen and oxygen atoms in total. The highest BCUT2D eigenvalue weighted by Crippen LogP contribution is 2.53. The van der Waals surface area contributed by atoms with Crippen molar-refractivity contribution < 1.29 is 18.3 Å². The number of anilines is 1. The molecule has 0 radical (unpaired) electrons. The number of nitrogens with one attached hydrogen (secondary N) is 1. The van der Waals surface area contributed by atoms with Gasteiger partial charge >= 0.3 is 6.09 Å². The van der Waals surface area contributed by atoms with Crippen LogP contribution in [0.3, 0.4) is 0 Å². The van der Waals surface area contributed by atoms with Gasteiger partial charge in [0.2, 0.25) is 0 Å². The summed E-state index contributed by atoms with van der Waals surface area (Å²) in [5, 5.41) is 7.38. The molecule has 1 fully saturated rings. The minimum Gasteiger partial charge on any atom is -0.444 e. The van der Waals surface area contributed by atoms with E-state index < -0.39 is 29.4 Å². The zero-order chi connectivity index (χ0) is 25.1. The molecule has 3 aromatic rings. The molecule has 186 valence electrons. The minimum absolute atomic E-state index is 0.378. The number of piperidine rings is 1. The van der Waals surface area contributed by atoms with E-state index in [1.807, 2.05) is 17.5 Å². The van der Waals surface area contributed by atoms with Crippen LogP contribution in [0.15, 0.2) is 29.0 Å². The topological polar surface area (TPSA) is 71.8 Å². The van der Waals surface area contributed by atoms with Gasteiger partial charge in [-0.15, -0.1) is 0 Å². The average molecular weight is 548 g/mol.